The third kappa shape index (κ3) is 7.56. The predicted octanol–water partition coefficient (Wildman–Crippen LogP) is 3.47. The number of carboxylic acid groups (broad SMARTS) is 1. The van der Waals surface area contributed by atoms with E-state index in [4.69, 9.17) is 4.74 Å². The van der Waals surface area contributed by atoms with E-state index >= 15 is 0 Å². The van der Waals surface area contributed by atoms with Crippen molar-refractivity contribution in [3.63, 3.8) is 0 Å². The number of hydrogen-bond donors (Lipinski definition) is 4. The summed E-state index contributed by atoms with van der Waals surface area (Å²) in [6, 6.07) is 11.0. The van der Waals surface area contributed by atoms with E-state index < -0.39 is 12.1 Å². The Bertz CT molecular complexity index is 1140. The van der Waals surface area contributed by atoms with Gasteiger partial charge in [0.05, 0.1) is 30.2 Å². The Hall–Kier alpha value is -2.93. The lowest BCUT2D eigenvalue weighted by molar-refractivity contribution is -0.137. The number of carbonyl (C=O) groups excluding carboxylic acids is 1. The van der Waals surface area contributed by atoms with E-state index in [2.05, 4.69) is 43.2 Å². The number of β-amino-alcohol motifs (C(OH)–C–C–N with tert-alkyl or cyclic N) is 1. The van der Waals surface area contributed by atoms with Gasteiger partial charge in [-0.15, -0.1) is 0 Å². The van der Waals surface area contributed by atoms with Gasteiger partial charge in [-0.25, -0.2) is 4.98 Å². The zero-order valence-electron chi connectivity index (χ0n) is 21.3. The van der Waals surface area contributed by atoms with Gasteiger partial charge in [0.2, 0.25) is 5.88 Å². The number of piperidine rings is 1. The van der Waals surface area contributed by atoms with Gasteiger partial charge in [-0.3, -0.25) is 14.6 Å². The second-order valence-electron chi connectivity index (χ2n) is 9.76. The zero-order chi connectivity index (χ0) is 27.1. The Kier molecular flexibility index (Phi) is 9.78. The molecule has 2 aliphatic heterocycles. The van der Waals surface area contributed by atoms with Gasteiger partial charge in [0.25, 0.3) is 5.91 Å². The first kappa shape index (κ1) is 28.1. The zero-order valence-corrected chi connectivity index (χ0v) is 23.5. The Morgan fingerprint density at radius 2 is 2.16 bits per heavy atom. The number of aliphatic hydroxyl groups is 1. The molecule has 38 heavy (non-hydrogen) atoms. The Balaban J connectivity index is 1.33. The van der Waals surface area contributed by atoms with Gasteiger partial charge in [0, 0.05) is 36.6 Å². The number of aliphatic imine (C=N–C) groups is 1. The number of alkyl halides is 1. The Labute approximate surface area is 236 Å². The summed E-state index contributed by atoms with van der Waals surface area (Å²) < 4.78 is 5.18. The summed E-state index contributed by atoms with van der Waals surface area (Å²) >= 11 is 2.35. The molecule has 2 aliphatic rings. The van der Waals surface area contributed by atoms with Crippen LogP contribution in [0.25, 0.3) is 0 Å². The van der Waals surface area contributed by atoms with Gasteiger partial charge in [-0.2, -0.15) is 0 Å². The normalized spacial score (nSPS) is 22.1. The fourth-order valence-electron chi connectivity index (χ4n) is 4.91. The number of guanidine groups is 1. The standard InChI is InChI=1S/C27H34IN5O5/c1-38-24-8-7-20(14-29-24)18(13-25(35)36)6-5-17-9-10-33(23(28)11-17)26(37)19-3-2-4-21(12-19)32-27-30-15-22(34)16-31-27/h2-4,7-8,12,14,17-18,22-23,34H,5-6,9-11,13,15-16H2,1H3,(H,35,36)(H2,30,31,32). The van der Waals surface area contributed by atoms with Crippen molar-refractivity contribution in [2.45, 2.75) is 48.2 Å². The second kappa shape index (κ2) is 13.2. The molecule has 0 radical (unpaired) electrons. The number of hydrogen-bond acceptors (Lipinski definition) is 8. The molecule has 2 aromatic rings. The molecule has 3 heterocycles. The van der Waals surface area contributed by atoms with E-state index in [0.717, 1.165) is 36.9 Å². The Morgan fingerprint density at radius 3 is 2.82 bits per heavy atom. The summed E-state index contributed by atoms with van der Waals surface area (Å²) in [6.45, 7) is 1.44. The van der Waals surface area contributed by atoms with Crippen molar-refractivity contribution in [2.24, 2.45) is 10.9 Å². The minimum absolute atomic E-state index is 0.00600. The second-order valence-corrected chi connectivity index (χ2v) is 11.2. The predicted molar refractivity (Wildman–Crippen MR) is 153 cm³/mol. The summed E-state index contributed by atoms with van der Waals surface area (Å²) in [5.41, 5.74) is 2.28. The van der Waals surface area contributed by atoms with Crippen LogP contribution in [0.1, 0.15) is 53.9 Å². The monoisotopic (exact) mass is 635 g/mol. The van der Waals surface area contributed by atoms with Crippen LogP contribution in [0.4, 0.5) is 5.69 Å². The number of nitrogens with zero attached hydrogens (tertiary/aromatic N) is 3. The fourth-order valence-corrected chi connectivity index (χ4v) is 6.16. The molecule has 4 atom stereocenters. The summed E-state index contributed by atoms with van der Waals surface area (Å²) in [5, 5.41) is 25.2. The average molecular weight is 636 g/mol. The lowest BCUT2D eigenvalue weighted by atomic mass is 9.85. The smallest absolute Gasteiger partial charge is 0.303 e. The molecule has 11 heteroatoms. The number of rotatable bonds is 9. The summed E-state index contributed by atoms with van der Waals surface area (Å²) in [4.78, 5) is 35.3. The van der Waals surface area contributed by atoms with Gasteiger partial charge >= 0.3 is 5.97 Å². The SMILES string of the molecule is COc1ccc(C(CCC2CCN(C(=O)c3cccc(NC4=NCC(O)CN4)c3)C(I)C2)CC(=O)O)cn1. The van der Waals surface area contributed by atoms with Crippen molar-refractivity contribution in [3.05, 3.63) is 53.7 Å². The number of likely N-dealkylation sites (tertiary alicyclic amines) is 1. The van der Waals surface area contributed by atoms with Crippen molar-refractivity contribution in [1.29, 1.82) is 0 Å². The van der Waals surface area contributed by atoms with Crippen LogP contribution in [0.2, 0.25) is 0 Å². The molecule has 4 rings (SSSR count). The number of benzene rings is 1. The maximum Gasteiger partial charge on any atom is 0.303 e. The van der Waals surface area contributed by atoms with Gasteiger partial charge in [-0.05, 0) is 61.3 Å². The van der Waals surface area contributed by atoms with E-state index in [1.54, 1.807) is 19.4 Å². The van der Waals surface area contributed by atoms with Crippen LogP contribution in [-0.2, 0) is 4.79 Å². The van der Waals surface area contributed by atoms with Crippen LogP contribution in [-0.4, -0.2) is 74.8 Å². The van der Waals surface area contributed by atoms with Crippen LogP contribution < -0.4 is 15.4 Å². The van der Waals surface area contributed by atoms with Crippen LogP contribution in [0, 0.1) is 5.92 Å². The summed E-state index contributed by atoms with van der Waals surface area (Å²) in [5.74, 6) is 0.571. The van der Waals surface area contributed by atoms with Crippen LogP contribution >= 0.6 is 22.6 Å². The molecular weight excluding hydrogens is 601 g/mol. The number of carbonyl (C=O) groups is 2. The first-order valence-electron chi connectivity index (χ1n) is 12.8. The molecule has 1 amide bonds. The molecular formula is C27H34IN5O5. The third-order valence-corrected chi connectivity index (χ3v) is 8.21. The largest absolute Gasteiger partial charge is 0.481 e. The number of methoxy groups -OCH3 is 1. The van der Waals surface area contributed by atoms with Crippen molar-refractivity contribution >= 4 is 46.1 Å². The van der Waals surface area contributed by atoms with Crippen molar-refractivity contribution in [2.75, 3.05) is 32.1 Å². The van der Waals surface area contributed by atoms with Crippen molar-refractivity contribution < 1.29 is 24.5 Å². The molecule has 10 nitrogen and oxygen atoms in total. The molecule has 0 aliphatic carbocycles. The molecule has 4 N–H and O–H groups in total. The van der Waals surface area contributed by atoms with Gasteiger partial charge in [0.15, 0.2) is 5.96 Å². The van der Waals surface area contributed by atoms with E-state index in [-0.39, 0.29) is 22.3 Å². The lowest BCUT2D eigenvalue weighted by Crippen LogP contribution is -2.43. The highest BCUT2D eigenvalue weighted by Crippen LogP contribution is 2.35. The average Bonchev–Trinajstić information content (AvgIpc) is 2.92. The molecule has 0 spiro atoms. The molecule has 0 bridgehead atoms. The third-order valence-electron chi connectivity index (χ3n) is 7.03. The van der Waals surface area contributed by atoms with Crippen molar-refractivity contribution in [3.8, 4) is 5.88 Å². The maximum atomic E-state index is 13.4. The van der Waals surface area contributed by atoms with Crippen LogP contribution in [0.3, 0.4) is 0 Å². The molecule has 4 unspecified atom stereocenters. The minimum Gasteiger partial charge on any atom is -0.481 e. The Morgan fingerprint density at radius 1 is 1.32 bits per heavy atom. The van der Waals surface area contributed by atoms with Crippen LogP contribution in [0.5, 0.6) is 5.88 Å². The highest BCUT2D eigenvalue weighted by atomic mass is 127. The number of nitrogens with one attached hydrogen (secondary N) is 2. The number of ether oxygens (including phenoxy) is 1. The lowest BCUT2D eigenvalue weighted by Gasteiger charge is -2.37. The molecule has 1 fully saturated rings. The number of pyridine rings is 1. The quantitative estimate of drug-likeness (QED) is 0.187. The highest BCUT2D eigenvalue weighted by molar-refractivity contribution is 14.1. The number of amides is 1. The maximum absolute atomic E-state index is 13.4. The van der Waals surface area contributed by atoms with Crippen molar-refractivity contribution in [1.82, 2.24) is 15.2 Å². The van der Waals surface area contributed by atoms with E-state index in [9.17, 15) is 19.8 Å². The summed E-state index contributed by atoms with van der Waals surface area (Å²) in [7, 11) is 1.55. The fraction of sp³-hybridized carbons (Fsp3) is 0.481. The first-order chi connectivity index (χ1) is 18.3. The molecule has 1 aromatic carbocycles. The molecule has 1 aromatic heterocycles. The molecule has 204 valence electrons. The van der Waals surface area contributed by atoms with Crippen LogP contribution in [0.15, 0.2) is 47.6 Å². The summed E-state index contributed by atoms with van der Waals surface area (Å²) in [6.07, 6.45) is 4.68. The number of carboxylic acids is 1. The minimum atomic E-state index is -0.821. The van der Waals surface area contributed by atoms with Gasteiger partial charge in [-0.1, -0.05) is 34.7 Å². The van der Waals surface area contributed by atoms with Gasteiger partial charge in [0.1, 0.15) is 0 Å². The topological polar surface area (TPSA) is 136 Å². The van der Waals surface area contributed by atoms with E-state index in [1.807, 2.05) is 35.2 Å². The molecule has 1 saturated heterocycles. The number of aliphatic hydroxyl groups excluding tert-OH is 1. The number of aliphatic carboxylic acids is 1. The number of halogens is 1. The van der Waals surface area contributed by atoms with E-state index in [1.165, 1.54) is 0 Å². The highest BCUT2D eigenvalue weighted by Gasteiger charge is 2.31. The van der Waals surface area contributed by atoms with E-state index in [0.29, 0.717) is 43.0 Å². The number of aromatic nitrogens is 1. The molecule has 0 saturated carbocycles. The first-order valence-corrected chi connectivity index (χ1v) is 14.1. The number of anilines is 1. The van der Waals surface area contributed by atoms with Gasteiger partial charge < -0.3 is 30.5 Å².